The summed E-state index contributed by atoms with van der Waals surface area (Å²) in [7, 11) is 0. The van der Waals surface area contributed by atoms with Crippen LogP contribution in [-0.4, -0.2) is 10.8 Å². The second kappa shape index (κ2) is 4.12. The fraction of sp³-hybridized carbons (Fsp3) is 0.357. The summed E-state index contributed by atoms with van der Waals surface area (Å²) < 4.78 is 0. The zero-order valence-electron chi connectivity index (χ0n) is 10.1. The minimum atomic E-state index is 0.294. The molecule has 3 rings (SSSR count). The molecule has 1 N–H and O–H groups in total. The Morgan fingerprint density at radius 1 is 1.19 bits per heavy atom. The summed E-state index contributed by atoms with van der Waals surface area (Å²) in [5.74, 6) is 0.294. The van der Waals surface area contributed by atoms with E-state index >= 15 is 0 Å². The van der Waals surface area contributed by atoms with Gasteiger partial charge >= 0.3 is 0 Å². The molecule has 0 spiro atoms. The molecule has 1 aromatic carbocycles. The van der Waals surface area contributed by atoms with Crippen molar-refractivity contribution >= 4 is 16.7 Å². The highest BCUT2D eigenvalue weighted by Crippen LogP contribution is 2.31. The number of Topliss-reactive ketones (excluding diaryl/α,β-unsaturated/α-hetero) is 1. The van der Waals surface area contributed by atoms with E-state index in [9.17, 15) is 4.79 Å². The highest BCUT2D eigenvalue weighted by Gasteiger charge is 2.22. The van der Waals surface area contributed by atoms with Crippen LogP contribution in [0.3, 0.4) is 0 Å². The number of H-pyrrole nitrogens is 1. The van der Waals surface area contributed by atoms with Crippen LogP contribution in [0, 0.1) is 6.92 Å². The molecule has 2 nitrogen and oxygen atoms in total. The third-order valence-corrected chi connectivity index (χ3v) is 3.05. The molecular formula is C14H17NO. The van der Waals surface area contributed by atoms with Gasteiger partial charge < -0.3 is 4.98 Å². The van der Waals surface area contributed by atoms with Crippen LogP contribution in [0.1, 0.15) is 41.8 Å². The lowest BCUT2D eigenvalue weighted by Gasteiger charge is -2.00. The van der Waals surface area contributed by atoms with Gasteiger partial charge in [-0.25, -0.2) is 0 Å². The van der Waals surface area contributed by atoms with Crippen LogP contribution in [0.25, 0.3) is 10.9 Å². The Kier molecular flexibility index (Phi) is 2.82. The van der Waals surface area contributed by atoms with Crippen molar-refractivity contribution in [3.63, 3.8) is 0 Å². The first kappa shape index (κ1) is 10.9. The van der Waals surface area contributed by atoms with E-state index in [-0.39, 0.29) is 0 Å². The van der Waals surface area contributed by atoms with Gasteiger partial charge in [-0.3, -0.25) is 4.79 Å². The van der Waals surface area contributed by atoms with Gasteiger partial charge in [0.25, 0.3) is 0 Å². The molecule has 0 bridgehead atoms. The highest BCUT2D eigenvalue weighted by atomic mass is 16.1. The number of hydrogen-bond acceptors (Lipinski definition) is 1. The molecule has 0 saturated heterocycles. The Morgan fingerprint density at radius 3 is 2.69 bits per heavy atom. The third-order valence-electron chi connectivity index (χ3n) is 3.05. The predicted molar refractivity (Wildman–Crippen MR) is 67.0 cm³/mol. The zero-order chi connectivity index (χ0) is 11.7. The summed E-state index contributed by atoms with van der Waals surface area (Å²) in [6.45, 7) is 6.09. The van der Waals surface area contributed by atoms with E-state index in [1.54, 1.807) is 0 Å². The van der Waals surface area contributed by atoms with Crippen molar-refractivity contribution < 1.29 is 4.79 Å². The molecule has 2 heteroatoms. The molecule has 84 valence electrons. The average molecular weight is 215 g/mol. The highest BCUT2D eigenvalue weighted by molar-refractivity contribution is 6.06. The van der Waals surface area contributed by atoms with Crippen LogP contribution >= 0.6 is 0 Å². The van der Waals surface area contributed by atoms with Gasteiger partial charge in [0.05, 0.1) is 0 Å². The molecule has 1 aromatic heterocycles. The normalized spacial score (nSPS) is 13.6. The van der Waals surface area contributed by atoms with Gasteiger partial charge in [0.15, 0.2) is 5.78 Å². The number of fused-ring (bicyclic) bond motifs is 3. The summed E-state index contributed by atoms with van der Waals surface area (Å²) in [5, 5.41) is 1.26. The number of carbonyl (C=O) groups excluding carboxylic acids is 1. The Balaban J connectivity index is 0.000000457. The van der Waals surface area contributed by atoms with Crippen molar-refractivity contribution in [1.29, 1.82) is 0 Å². The van der Waals surface area contributed by atoms with Gasteiger partial charge in [0.2, 0.25) is 0 Å². The van der Waals surface area contributed by atoms with Crippen LogP contribution in [0.4, 0.5) is 0 Å². The molecule has 0 fully saturated rings. The number of ketones is 1. The van der Waals surface area contributed by atoms with Gasteiger partial charge in [-0.1, -0.05) is 13.8 Å². The lowest BCUT2D eigenvalue weighted by Crippen LogP contribution is -1.90. The molecule has 0 saturated carbocycles. The standard InChI is InChI=1S/C12H11NO.C2H6/c1-7-6-13-10-4-2-8-9(12(7)10)3-5-11(8)14;1-2/h2,4,6,13H,3,5H2,1H3;1-2H3. The summed E-state index contributed by atoms with van der Waals surface area (Å²) in [4.78, 5) is 14.8. The van der Waals surface area contributed by atoms with E-state index in [0.29, 0.717) is 12.2 Å². The Labute approximate surface area is 95.7 Å². The molecular weight excluding hydrogens is 198 g/mol. The maximum atomic E-state index is 11.5. The Morgan fingerprint density at radius 2 is 1.94 bits per heavy atom. The first-order valence-corrected chi connectivity index (χ1v) is 5.90. The number of rotatable bonds is 0. The maximum absolute atomic E-state index is 11.5. The van der Waals surface area contributed by atoms with Crippen LogP contribution in [0.5, 0.6) is 0 Å². The smallest absolute Gasteiger partial charge is 0.163 e. The minimum Gasteiger partial charge on any atom is -0.361 e. The van der Waals surface area contributed by atoms with Crippen LogP contribution in [0.15, 0.2) is 18.3 Å². The summed E-state index contributed by atoms with van der Waals surface area (Å²) in [6, 6.07) is 3.95. The second-order valence-corrected chi connectivity index (χ2v) is 3.91. The number of hydrogen-bond donors (Lipinski definition) is 1. The topological polar surface area (TPSA) is 32.9 Å². The van der Waals surface area contributed by atoms with Crippen LogP contribution in [0.2, 0.25) is 0 Å². The molecule has 16 heavy (non-hydrogen) atoms. The van der Waals surface area contributed by atoms with E-state index < -0.39 is 0 Å². The number of benzene rings is 1. The first-order chi connectivity index (χ1) is 7.77. The maximum Gasteiger partial charge on any atom is 0.163 e. The van der Waals surface area contributed by atoms with Crippen LogP contribution < -0.4 is 0 Å². The molecule has 1 aliphatic carbocycles. The van der Waals surface area contributed by atoms with Crippen molar-refractivity contribution in [3.8, 4) is 0 Å². The number of aryl methyl sites for hydroxylation is 2. The average Bonchev–Trinajstić information content (AvgIpc) is 2.87. The number of aromatic nitrogens is 1. The van der Waals surface area contributed by atoms with Gasteiger partial charge in [-0.2, -0.15) is 0 Å². The monoisotopic (exact) mass is 215 g/mol. The number of nitrogens with one attached hydrogen (secondary N) is 1. The Bertz CT molecular complexity index is 537. The summed E-state index contributed by atoms with van der Waals surface area (Å²) in [5.41, 5.74) is 4.56. The van der Waals surface area contributed by atoms with Crippen molar-refractivity contribution in [2.45, 2.75) is 33.6 Å². The molecule has 0 unspecified atom stereocenters. The van der Waals surface area contributed by atoms with E-state index in [0.717, 1.165) is 17.5 Å². The van der Waals surface area contributed by atoms with Crippen molar-refractivity contribution in [2.75, 3.05) is 0 Å². The molecule has 0 radical (unpaired) electrons. The quantitative estimate of drug-likeness (QED) is 0.715. The van der Waals surface area contributed by atoms with Crippen molar-refractivity contribution in [1.82, 2.24) is 4.98 Å². The molecule has 2 aromatic rings. The summed E-state index contributed by atoms with van der Waals surface area (Å²) in [6.07, 6.45) is 3.59. The lowest BCUT2D eigenvalue weighted by atomic mass is 10.0. The molecule has 0 amide bonds. The van der Waals surface area contributed by atoms with Crippen LogP contribution in [-0.2, 0) is 6.42 Å². The van der Waals surface area contributed by atoms with E-state index in [1.807, 2.05) is 32.2 Å². The number of carbonyl (C=O) groups is 1. The van der Waals surface area contributed by atoms with E-state index in [1.165, 1.54) is 16.5 Å². The predicted octanol–water partition coefficient (Wildman–Crippen LogP) is 3.63. The summed E-state index contributed by atoms with van der Waals surface area (Å²) >= 11 is 0. The van der Waals surface area contributed by atoms with Gasteiger partial charge in [-0.15, -0.1) is 0 Å². The molecule has 1 aliphatic rings. The second-order valence-electron chi connectivity index (χ2n) is 3.91. The largest absolute Gasteiger partial charge is 0.361 e. The minimum absolute atomic E-state index is 0.294. The van der Waals surface area contributed by atoms with Crippen molar-refractivity contribution in [3.05, 3.63) is 35.0 Å². The fourth-order valence-corrected chi connectivity index (χ4v) is 2.37. The third kappa shape index (κ3) is 1.45. The first-order valence-electron chi connectivity index (χ1n) is 5.90. The molecule has 0 atom stereocenters. The van der Waals surface area contributed by atoms with Gasteiger partial charge in [-0.05, 0) is 36.6 Å². The SMILES string of the molecule is CC.Cc1c[nH]c2ccc3c(c12)CCC3=O. The Hall–Kier alpha value is -1.57. The van der Waals surface area contributed by atoms with Gasteiger partial charge in [0, 0.05) is 29.1 Å². The van der Waals surface area contributed by atoms with E-state index in [2.05, 4.69) is 11.9 Å². The lowest BCUT2D eigenvalue weighted by molar-refractivity contribution is 0.0994. The zero-order valence-corrected chi connectivity index (χ0v) is 10.1. The molecule has 0 aliphatic heterocycles. The van der Waals surface area contributed by atoms with E-state index in [4.69, 9.17) is 0 Å². The molecule has 1 heterocycles. The number of aromatic amines is 1. The van der Waals surface area contributed by atoms with Gasteiger partial charge in [0.1, 0.15) is 0 Å². The fourth-order valence-electron chi connectivity index (χ4n) is 2.37. The van der Waals surface area contributed by atoms with Crippen molar-refractivity contribution in [2.24, 2.45) is 0 Å².